The van der Waals surface area contributed by atoms with Gasteiger partial charge < -0.3 is 14.2 Å². The van der Waals surface area contributed by atoms with Gasteiger partial charge in [0, 0.05) is 44.6 Å². The fraction of sp³-hybridized carbons (Fsp3) is 0.625. The van der Waals surface area contributed by atoms with Crippen LogP contribution in [0.2, 0.25) is 0 Å². The highest BCUT2D eigenvalue weighted by molar-refractivity contribution is 5.49. The van der Waals surface area contributed by atoms with Gasteiger partial charge in [0.2, 0.25) is 5.89 Å². The van der Waals surface area contributed by atoms with Crippen LogP contribution in [0.4, 0.5) is 5.82 Å². The van der Waals surface area contributed by atoms with Crippen LogP contribution in [0.15, 0.2) is 10.9 Å². The first-order valence-corrected chi connectivity index (χ1v) is 8.52. The number of ether oxygens (including phenoxy) is 1. The van der Waals surface area contributed by atoms with Crippen LogP contribution in [0, 0.1) is 0 Å². The highest BCUT2D eigenvalue weighted by Crippen LogP contribution is 2.27. The molecule has 8 heteroatoms. The zero-order valence-electron chi connectivity index (χ0n) is 13.9. The maximum Gasteiger partial charge on any atom is 0.240 e. The van der Waals surface area contributed by atoms with E-state index in [1.54, 1.807) is 6.33 Å². The molecule has 8 nitrogen and oxygen atoms in total. The molecule has 0 spiro atoms. The molecule has 0 aromatic carbocycles. The van der Waals surface area contributed by atoms with E-state index in [0.29, 0.717) is 12.4 Å². The Labute approximate surface area is 140 Å². The van der Waals surface area contributed by atoms with E-state index in [-0.39, 0.29) is 0 Å². The number of hydrogen-bond donors (Lipinski definition) is 0. The Morgan fingerprint density at radius 3 is 2.83 bits per heavy atom. The number of anilines is 1. The fourth-order valence-electron chi connectivity index (χ4n) is 3.25. The third-order valence-corrected chi connectivity index (χ3v) is 4.55. The van der Waals surface area contributed by atoms with Gasteiger partial charge in [-0.3, -0.25) is 4.90 Å². The summed E-state index contributed by atoms with van der Waals surface area (Å²) in [6.07, 6.45) is 3.40. The van der Waals surface area contributed by atoms with Crippen LogP contribution >= 0.6 is 0 Å². The molecule has 2 aliphatic rings. The molecule has 0 aliphatic carbocycles. The summed E-state index contributed by atoms with van der Waals surface area (Å²) in [4.78, 5) is 18.1. The minimum Gasteiger partial charge on any atom is -0.378 e. The van der Waals surface area contributed by atoms with E-state index in [2.05, 4.69) is 29.9 Å². The molecule has 0 atom stereocenters. The molecule has 0 bridgehead atoms. The number of fused-ring (bicyclic) bond motifs is 1. The number of aromatic nitrogens is 4. The summed E-state index contributed by atoms with van der Waals surface area (Å²) in [6, 6.07) is 0. The molecule has 2 aromatic heterocycles. The molecule has 4 rings (SSSR count). The average molecular weight is 330 g/mol. The zero-order chi connectivity index (χ0) is 16.4. The summed E-state index contributed by atoms with van der Waals surface area (Å²) in [6.45, 7) is 7.72. The van der Waals surface area contributed by atoms with E-state index in [1.165, 1.54) is 5.56 Å². The second-order valence-corrected chi connectivity index (χ2v) is 6.14. The molecule has 128 valence electrons. The van der Waals surface area contributed by atoms with Gasteiger partial charge in [0.25, 0.3) is 0 Å². The van der Waals surface area contributed by atoms with Gasteiger partial charge in [-0.2, -0.15) is 4.98 Å². The van der Waals surface area contributed by atoms with Crippen molar-refractivity contribution in [1.82, 2.24) is 25.0 Å². The van der Waals surface area contributed by atoms with Crippen molar-refractivity contribution in [3.05, 3.63) is 29.3 Å². The number of morpholine rings is 1. The van der Waals surface area contributed by atoms with Crippen LogP contribution in [0.3, 0.4) is 0 Å². The van der Waals surface area contributed by atoms with Crippen molar-refractivity contribution < 1.29 is 9.26 Å². The third-order valence-electron chi connectivity index (χ3n) is 4.55. The van der Waals surface area contributed by atoms with Crippen molar-refractivity contribution in [2.45, 2.75) is 32.9 Å². The van der Waals surface area contributed by atoms with Crippen molar-refractivity contribution in [3.63, 3.8) is 0 Å². The Morgan fingerprint density at radius 1 is 1.17 bits per heavy atom. The summed E-state index contributed by atoms with van der Waals surface area (Å²) in [7, 11) is 0. The molecular formula is C16H22N6O2. The first kappa shape index (κ1) is 15.5. The van der Waals surface area contributed by atoms with Crippen molar-refractivity contribution in [3.8, 4) is 0 Å². The van der Waals surface area contributed by atoms with E-state index in [4.69, 9.17) is 9.26 Å². The van der Waals surface area contributed by atoms with Gasteiger partial charge in [-0.05, 0) is 0 Å². The molecular weight excluding hydrogens is 308 g/mol. The molecule has 0 unspecified atom stereocenters. The topological polar surface area (TPSA) is 80.4 Å². The Balaban J connectivity index is 1.52. The monoisotopic (exact) mass is 330 g/mol. The summed E-state index contributed by atoms with van der Waals surface area (Å²) < 4.78 is 10.8. The molecule has 0 saturated carbocycles. The quantitative estimate of drug-likeness (QED) is 0.815. The Bertz CT molecular complexity index is 698. The fourth-order valence-corrected chi connectivity index (χ4v) is 3.25. The van der Waals surface area contributed by atoms with Crippen LogP contribution in [-0.4, -0.2) is 57.9 Å². The molecule has 24 heavy (non-hydrogen) atoms. The van der Waals surface area contributed by atoms with Gasteiger partial charge in [-0.25, -0.2) is 9.97 Å². The molecule has 2 aromatic rings. The maximum atomic E-state index is 5.46. The van der Waals surface area contributed by atoms with E-state index >= 15 is 0 Å². The number of aryl methyl sites for hydroxylation is 1. The van der Waals surface area contributed by atoms with E-state index in [0.717, 1.165) is 69.6 Å². The summed E-state index contributed by atoms with van der Waals surface area (Å²) in [5.74, 6) is 2.49. The summed E-state index contributed by atoms with van der Waals surface area (Å²) in [5.41, 5.74) is 2.38. The Hall–Kier alpha value is -2.06. The normalized spacial score (nSPS) is 18.6. The molecule has 4 heterocycles. The number of nitrogens with zero attached hydrogens (tertiary/aromatic N) is 6. The maximum absolute atomic E-state index is 5.46. The van der Waals surface area contributed by atoms with Gasteiger partial charge in [-0.15, -0.1) is 0 Å². The highest BCUT2D eigenvalue weighted by Gasteiger charge is 2.25. The SMILES string of the molecule is CCc1noc(CN2CCc3ncnc(N4CCOCC4)c3C2)n1. The summed E-state index contributed by atoms with van der Waals surface area (Å²) in [5, 5.41) is 3.98. The lowest BCUT2D eigenvalue weighted by atomic mass is 10.1. The van der Waals surface area contributed by atoms with Crippen LogP contribution in [0.25, 0.3) is 0 Å². The van der Waals surface area contributed by atoms with Gasteiger partial charge in [0.1, 0.15) is 12.1 Å². The zero-order valence-corrected chi connectivity index (χ0v) is 13.9. The molecule has 1 saturated heterocycles. The first-order valence-electron chi connectivity index (χ1n) is 8.52. The van der Waals surface area contributed by atoms with E-state index < -0.39 is 0 Å². The lowest BCUT2D eigenvalue weighted by Gasteiger charge is -2.33. The lowest BCUT2D eigenvalue weighted by Crippen LogP contribution is -2.39. The van der Waals surface area contributed by atoms with Crippen LogP contribution in [0.5, 0.6) is 0 Å². The van der Waals surface area contributed by atoms with Crippen LogP contribution < -0.4 is 4.90 Å². The molecule has 1 fully saturated rings. The molecule has 0 N–H and O–H groups in total. The predicted octanol–water partition coefficient (Wildman–Crippen LogP) is 0.817. The lowest BCUT2D eigenvalue weighted by molar-refractivity contribution is 0.122. The van der Waals surface area contributed by atoms with Crippen LogP contribution in [0.1, 0.15) is 29.9 Å². The summed E-state index contributed by atoms with van der Waals surface area (Å²) >= 11 is 0. The minimum absolute atomic E-state index is 0.671. The number of rotatable bonds is 4. The third kappa shape index (κ3) is 3.11. The second kappa shape index (κ2) is 6.82. The largest absolute Gasteiger partial charge is 0.378 e. The molecule has 0 radical (unpaired) electrons. The van der Waals surface area contributed by atoms with Gasteiger partial charge in [0.05, 0.1) is 25.5 Å². The number of hydrogen-bond acceptors (Lipinski definition) is 8. The Morgan fingerprint density at radius 2 is 2.04 bits per heavy atom. The standard InChI is InChI=1S/C16H22N6O2/c1-2-14-19-15(24-20-14)10-21-4-3-13-12(9-21)16(18-11-17-13)22-5-7-23-8-6-22/h11H,2-10H2,1H3. The Kier molecular flexibility index (Phi) is 4.40. The van der Waals surface area contributed by atoms with E-state index in [1.807, 2.05) is 6.92 Å². The van der Waals surface area contributed by atoms with Gasteiger partial charge in [-0.1, -0.05) is 12.1 Å². The van der Waals surface area contributed by atoms with Gasteiger partial charge >= 0.3 is 0 Å². The van der Waals surface area contributed by atoms with E-state index in [9.17, 15) is 0 Å². The average Bonchev–Trinajstić information content (AvgIpc) is 3.09. The smallest absolute Gasteiger partial charge is 0.240 e. The second-order valence-electron chi connectivity index (χ2n) is 6.14. The molecule has 0 amide bonds. The minimum atomic E-state index is 0.671. The molecule has 2 aliphatic heterocycles. The predicted molar refractivity (Wildman–Crippen MR) is 86.6 cm³/mol. The van der Waals surface area contributed by atoms with Crippen LogP contribution in [-0.2, 0) is 30.7 Å². The first-order chi connectivity index (χ1) is 11.8. The highest BCUT2D eigenvalue weighted by atomic mass is 16.5. The van der Waals surface area contributed by atoms with Gasteiger partial charge in [0.15, 0.2) is 5.82 Å². The van der Waals surface area contributed by atoms with Crippen molar-refractivity contribution in [2.75, 3.05) is 37.7 Å². The van der Waals surface area contributed by atoms with Crippen molar-refractivity contribution >= 4 is 5.82 Å². The van der Waals surface area contributed by atoms with Crippen molar-refractivity contribution in [2.24, 2.45) is 0 Å². The van der Waals surface area contributed by atoms with Crippen molar-refractivity contribution in [1.29, 1.82) is 0 Å².